The van der Waals surface area contributed by atoms with Gasteiger partial charge in [-0.05, 0) is 38.6 Å². The third-order valence-corrected chi connectivity index (χ3v) is 4.98. The van der Waals surface area contributed by atoms with E-state index >= 15 is 0 Å². The lowest BCUT2D eigenvalue weighted by atomic mass is 9.86. The smallest absolute Gasteiger partial charge is 0.222 e. The van der Waals surface area contributed by atoms with Crippen LogP contribution in [0.5, 0.6) is 0 Å². The maximum Gasteiger partial charge on any atom is 0.222 e. The Morgan fingerprint density at radius 3 is 2.42 bits per heavy atom. The molecule has 0 atom stereocenters. The van der Waals surface area contributed by atoms with Crippen LogP contribution < -0.4 is 5.32 Å². The summed E-state index contributed by atoms with van der Waals surface area (Å²) in [5.41, 5.74) is 0. The van der Waals surface area contributed by atoms with Gasteiger partial charge in [-0.1, -0.05) is 32.1 Å². The lowest BCUT2D eigenvalue weighted by Gasteiger charge is -2.32. The standard InChI is InChI=1S/C16H30N2O/c1-17-15-10-12-18(13-11-15)16(19)9-5-8-14-6-3-2-4-7-14/h14-15,17H,2-13H2,1H3. The van der Waals surface area contributed by atoms with Gasteiger partial charge in [-0.15, -0.1) is 0 Å². The molecule has 2 aliphatic rings. The lowest BCUT2D eigenvalue weighted by molar-refractivity contribution is -0.132. The zero-order valence-corrected chi connectivity index (χ0v) is 12.5. The summed E-state index contributed by atoms with van der Waals surface area (Å²) in [4.78, 5) is 14.2. The number of piperidine rings is 1. The highest BCUT2D eigenvalue weighted by atomic mass is 16.2. The summed E-state index contributed by atoms with van der Waals surface area (Å²) in [6.07, 6.45) is 12.5. The average molecular weight is 266 g/mol. The van der Waals surface area contributed by atoms with Gasteiger partial charge in [0, 0.05) is 25.6 Å². The van der Waals surface area contributed by atoms with Gasteiger partial charge in [-0.3, -0.25) is 4.79 Å². The minimum absolute atomic E-state index is 0.394. The molecule has 0 bridgehead atoms. The second kappa shape index (κ2) is 7.88. The molecular weight excluding hydrogens is 236 g/mol. The monoisotopic (exact) mass is 266 g/mol. The minimum atomic E-state index is 0.394. The van der Waals surface area contributed by atoms with Crippen LogP contribution in [0.2, 0.25) is 0 Å². The lowest BCUT2D eigenvalue weighted by Crippen LogP contribution is -2.43. The Labute approximate surface area is 118 Å². The Morgan fingerprint density at radius 2 is 1.79 bits per heavy atom. The number of nitrogens with one attached hydrogen (secondary N) is 1. The first-order valence-corrected chi connectivity index (χ1v) is 8.24. The topological polar surface area (TPSA) is 32.3 Å². The summed E-state index contributed by atoms with van der Waals surface area (Å²) >= 11 is 0. The summed E-state index contributed by atoms with van der Waals surface area (Å²) < 4.78 is 0. The molecule has 1 amide bonds. The predicted molar refractivity (Wildman–Crippen MR) is 79.1 cm³/mol. The van der Waals surface area contributed by atoms with Crippen LogP contribution in [0.1, 0.15) is 64.2 Å². The number of carbonyl (C=O) groups is 1. The van der Waals surface area contributed by atoms with Gasteiger partial charge in [0.2, 0.25) is 5.91 Å². The number of hydrogen-bond acceptors (Lipinski definition) is 2. The van der Waals surface area contributed by atoms with Crippen molar-refractivity contribution < 1.29 is 4.79 Å². The molecular formula is C16H30N2O. The van der Waals surface area contributed by atoms with Crippen LogP contribution in [0.25, 0.3) is 0 Å². The van der Waals surface area contributed by atoms with Crippen LogP contribution in [-0.2, 0) is 4.79 Å². The van der Waals surface area contributed by atoms with Crippen molar-refractivity contribution in [2.75, 3.05) is 20.1 Å². The quantitative estimate of drug-likeness (QED) is 0.830. The first kappa shape index (κ1) is 14.8. The second-order valence-electron chi connectivity index (χ2n) is 6.34. The highest BCUT2D eigenvalue weighted by molar-refractivity contribution is 5.76. The van der Waals surface area contributed by atoms with Crippen LogP contribution in [0.3, 0.4) is 0 Å². The zero-order chi connectivity index (χ0) is 13.5. The predicted octanol–water partition coefficient (Wildman–Crippen LogP) is 2.95. The number of likely N-dealkylation sites (tertiary alicyclic amines) is 1. The number of nitrogens with zero attached hydrogens (tertiary/aromatic N) is 1. The summed E-state index contributed by atoms with van der Waals surface area (Å²) in [6.45, 7) is 1.90. The summed E-state index contributed by atoms with van der Waals surface area (Å²) in [5.74, 6) is 1.31. The van der Waals surface area contributed by atoms with Crippen molar-refractivity contribution in [1.82, 2.24) is 10.2 Å². The number of rotatable bonds is 5. The number of hydrogen-bond donors (Lipinski definition) is 1. The van der Waals surface area contributed by atoms with E-state index in [2.05, 4.69) is 10.2 Å². The van der Waals surface area contributed by atoms with Gasteiger partial charge >= 0.3 is 0 Å². The number of amides is 1. The Balaban J connectivity index is 1.59. The molecule has 3 nitrogen and oxygen atoms in total. The maximum atomic E-state index is 12.1. The molecule has 0 aromatic heterocycles. The molecule has 3 heteroatoms. The largest absolute Gasteiger partial charge is 0.343 e. The van der Waals surface area contributed by atoms with Crippen molar-refractivity contribution in [3.8, 4) is 0 Å². The molecule has 2 fully saturated rings. The third kappa shape index (κ3) is 4.79. The van der Waals surface area contributed by atoms with Gasteiger partial charge in [0.05, 0.1) is 0 Å². The fourth-order valence-electron chi connectivity index (χ4n) is 3.59. The zero-order valence-electron chi connectivity index (χ0n) is 12.5. The molecule has 2 rings (SSSR count). The molecule has 0 radical (unpaired) electrons. The van der Waals surface area contributed by atoms with E-state index < -0.39 is 0 Å². The SMILES string of the molecule is CNC1CCN(C(=O)CCCC2CCCCC2)CC1. The molecule has 0 aromatic carbocycles. The van der Waals surface area contributed by atoms with Crippen molar-refractivity contribution >= 4 is 5.91 Å². The Morgan fingerprint density at radius 1 is 1.11 bits per heavy atom. The van der Waals surface area contributed by atoms with Gasteiger partial charge in [0.15, 0.2) is 0 Å². The van der Waals surface area contributed by atoms with Crippen molar-refractivity contribution in [2.24, 2.45) is 5.92 Å². The molecule has 1 N–H and O–H groups in total. The fourth-order valence-corrected chi connectivity index (χ4v) is 3.59. The Bertz CT molecular complexity index is 266. The highest BCUT2D eigenvalue weighted by Gasteiger charge is 2.21. The van der Waals surface area contributed by atoms with Crippen LogP contribution in [0.15, 0.2) is 0 Å². The van der Waals surface area contributed by atoms with E-state index in [0.29, 0.717) is 11.9 Å². The van der Waals surface area contributed by atoms with E-state index in [9.17, 15) is 4.79 Å². The summed E-state index contributed by atoms with van der Waals surface area (Å²) in [7, 11) is 2.02. The molecule has 0 unspecified atom stereocenters. The highest BCUT2D eigenvalue weighted by Crippen LogP contribution is 2.27. The molecule has 1 heterocycles. The molecule has 1 aliphatic heterocycles. The summed E-state index contributed by atoms with van der Waals surface area (Å²) in [6, 6.07) is 0.617. The van der Waals surface area contributed by atoms with E-state index in [1.165, 1.54) is 38.5 Å². The van der Waals surface area contributed by atoms with Gasteiger partial charge in [-0.25, -0.2) is 0 Å². The molecule has 1 aliphatic carbocycles. The maximum absolute atomic E-state index is 12.1. The van der Waals surface area contributed by atoms with Crippen LogP contribution >= 0.6 is 0 Å². The van der Waals surface area contributed by atoms with Gasteiger partial charge in [-0.2, -0.15) is 0 Å². The van der Waals surface area contributed by atoms with Crippen LogP contribution in [0.4, 0.5) is 0 Å². The van der Waals surface area contributed by atoms with Gasteiger partial charge < -0.3 is 10.2 Å². The van der Waals surface area contributed by atoms with E-state index in [0.717, 1.165) is 44.7 Å². The second-order valence-corrected chi connectivity index (χ2v) is 6.34. The van der Waals surface area contributed by atoms with Crippen molar-refractivity contribution in [1.29, 1.82) is 0 Å². The van der Waals surface area contributed by atoms with Crippen molar-refractivity contribution in [3.05, 3.63) is 0 Å². The molecule has 19 heavy (non-hydrogen) atoms. The van der Waals surface area contributed by atoms with E-state index in [-0.39, 0.29) is 0 Å². The van der Waals surface area contributed by atoms with Crippen LogP contribution in [-0.4, -0.2) is 37.0 Å². The van der Waals surface area contributed by atoms with E-state index in [4.69, 9.17) is 0 Å². The average Bonchev–Trinajstić information content (AvgIpc) is 2.48. The van der Waals surface area contributed by atoms with Crippen molar-refractivity contribution in [2.45, 2.75) is 70.3 Å². The Hall–Kier alpha value is -0.570. The third-order valence-electron chi connectivity index (χ3n) is 4.98. The van der Waals surface area contributed by atoms with Crippen molar-refractivity contribution in [3.63, 3.8) is 0 Å². The normalized spacial score (nSPS) is 22.7. The first-order chi connectivity index (χ1) is 9.29. The van der Waals surface area contributed by atoms with Gasteiger partial charge in [0.1, 0.15) is 0 Å². The molecule has 1 saturated carbocycles. The minimum Gasteiger partial charge on any atom is -0.343 e. The number of carbonyl (C=O) groups excluding carboxylic acids is 1. The van der Waals surface area contributed by atoms with E-state index in [1.54, 1.807) is 0 Å². The fraction of sp³-hybridized carbons (Fsp3) is 0.938. The molecule has 0 spiro atoms. The molecule has 1 saturated heterocycles. The van der Waals surface area contributed by atoms with Crippen LogP contribution in [0, 0.1) is 5.92 Å². The van der Waals surface area contributed by atoms with Gasteiger partial charge in [0.25, 0.3) is 0 Å². The summed E-state index contributed by atoms with van der Waals surface area (Å²) in [5, 5.41) is 3.31. The van der Waals surface area contributed by atoms with E-state index in [1.807, 2.05) is 7.05 Å². The first-order valence-electron chi connectivity index (χ1n) is 8.24. The molecule has 0 aromatic rings. The Kier molecular flexibility index (Phi) is 6.15. The molecule has 110 valence electrons.